The number of alkyl halides is 3. The minimum absolute atomic E-state index is 0.0392. The summed E-state index contributed by atoms with van der Waals surface area (Å²) < 4.78 is 51.2. The smallest absolute Gasteiger partial charge is 0.358 e. The summed E-state index contributed by atoms with van der Waals surface area (Å²) in [5.74, 6) is -0.942. The highest BCUT2D eigenvalue weighted by molar-refractivity contribution is 7.80. The van der Waals surface area contributed by atoms with E-state index in [1.54, 1.807) is 18.2 Å². The molecule has 0 heterocycles. The van der Waals surface area contributed by atoms with Crippen LogP contribution >= 0.6 is 23.8 Å². The van der Waals surface area contributed by atoms with Gasteiger partial charge in [0.25, 0.3) is 0 Å². The van der Waals surface area contributed by atoms with Crippen molar-refractivity contribution in [2.75, 3.05) is 5.32 Å². The second kappa shape index (κ2) is 7.36. The molecule has 2 N–H and O–H groups in total. The maximum atomic E-state index is 13.7. The number of halogens is 5. The molecule has 0 aromatic heterocycles. The summed E-state index contributed by atoms with van der Waals surface area (Å²) in [5, 5.41) is 6.49. The molecule has 0 fully saturated rings. The first-order valence-electron chi connectivity index (χ1n) is 6.83. The third-order valence-corrected chi connectivity index (χ3v) is 3.74. The predicted molar refractivity (Wildman–Crippen MR) is 90.7 cm³/mol. The Morgan fingerprint density at radius 2 is 1.88 bits per heavy atom. The third-order valence-electron chi connectivity index (χ3n) is 3.26. The van der Waals surface area contributed by atoms with Gasteiger partial charge in [-0.2, -0.15) is 13.2 Å². The maximum Gasteiger partial charge on any atom is 0.416 e. The number of hydrogen-bond donors (Lipinski definition) is 2. The fourth-order valence-electron chi connectivity index (χ4n) is 1.98. The Morgan fingerprint density at radius 3 is 2.46 bits per heavy atom. The Hall–Kier alpha value is -1.86. The molecule has 0 unspecified atom stereocenters. The van der Waals surface area contributed by atoms with Gasteiger partial charge in [-0.1, -0.05) is 17.7 Å². The van der Waals surface area contributed by atoms with E-state index in [0.717, 1.165) is 23.4 Å². The molecule has 2 nitrogen and oxygen atoms in total. The molecule has 24 heavy (non-hydrogen) atoms. The molecule has 0 aliphatic heterocycles. The molecule has 2 aromatic carbocycles. The lowest BCUT2D eigenvalue weighted by Gasteiger charge is -2.14. The molecule has 0 spiro atoms. The maximum absolute atomic E-state index is 13.7. The number of hydrogen-bond acceptors (Lipinski definition) is 1. The molecule has 128 valence electrons. The van der Waals surface area contributed by atoms with Crippen molar-refractivity contribution in [1.29, 1.82) is 0 Å². The molecule has 0 aliphatic rings. The minimum Gasteiger partial charge on any atom is -0.358 e. The summed E-state index contributed by atoms with van der Waals surface area (Å²) in [5.41, 5.74) is 0.651. The first kappa shape index (κ1) is 18.5. The lowest BCUT2D eigenvalue weighted by Crippen LogP contribution is -2.28. The lowest BCUT2D eigenvalue weighted by molar-refractivity contribution is -0.137. The molecule has 0 saturated carbocycles. The SMILES string of the molecule is Cc1cc(Cl)ccc1NC(=S)NCc1ccc(C(F)(F)F)cc1F. The summed E-state index contributed by atoms with van der Waals surface area (Å²) >= 11 is 11.0. The van der Waals surface area contributed by atoms with E-state index in [2.05, 4.69) is 10.6 Å². The highest BCUT2D eigenvalue weighted by Crippen LogP contribution is 2.30. The molecule has 0 saturated heterocycles. The molecular weight excluding hydrogens is 364 g/mol. The Balaban J connectivity index is 1.99. The Morgan fingerprint density at radius 1 is 1.17 bits per heavy atom. The molecule has 0 amide bonds. The Labute approximate surface area is 146 Å². The van der Waals surface area contributed by atoms with Crippen molar-refractivity contribution in [2.24, 2.45) is 0 Å². The standard InChI is InChI=1S/C16H13ClF4N2S/c1-9-6-12(17)4-5-14(9)23-15(24)22-8-10-2-3-11(7-13(10)18)16(19,20)21/h2-7H,8H2,1H3,(H2,22,23,24). The van der Waals surface area contributed by atoms with Crippen LogP contribution in [-0.2, 0) is 12.7 Å². The van der Waals surface area contributed by atoms with E-state index < -0.39 is 17.6 Å². The summed E-state index contributed by atoms with van der Waals surface area (Å²) in [7, 11) is 0. The number of anilines is 1. The molecule has 0 aliphatic carbocycles. The fourth-order valence-corrected chi connectivity index (χ4v) is 2.39. The van der Waals surface area contributed by atoms with Crippen LogP contribution in [0.15, 0.2) is 36.4 Å². The van der Waals surface area contributed by atoms with Crippen molar-refractivity contribution in [2.45, 2.75) is 19.6 Å². The Kier molecular flexibility index (Phi) is 5.66. The summed E-state index contributed by atoms with van der Waals surface area (Å²) in [6, 6.07) is 7.57. The first-order valence-corrected chi connectivity index (χ1v) is 7.62. The highest BCUT2D eigenvalue weighted by Gasteiger charge is 2.31. The van der Waals surface area contributed by atoms with Crippen LogP contribution in [0.3, 0.4) is 0 Å². The van der Waals surface area contributed by atoms with E-state index in [1.807, 2.05) is 6.92 Å². The monoisotopic (exact) mass is 376 g/mol. The van der Waals surface area contributed by atoms with Gasteiger partial charge in [0.15, 0.2) is 5.11 Å². The zero-order valence-electron chi connectivity index (χ0n) is 12.5. The molecule has 0 atom stereocenters. The van der Waals surface area contributed by atoms with Gasteiger partial charge in [-0.25, -0.2) is 4.39 Å². The fraction of sp³-hybridized carbons (Fsp3) is 0.188. The second-order valence-corrected chi connectivity index (χ2v) is 5.92. The van der Waals surface area contributed by atoms with Gasteiger partial charge in [0, 0.05) is 22.8 Å². The largest absolute Gasteiger partial charge is 0.416 e. The van der Waals surface area contributed by atoms with Crippen LogP contribution in [0.5, 0.6) is 0 Å². The third kappa shape index (κ3) is 4.82. The van der Waals surface area contributed by atoms with Gasteiger partial charge in [-0.3, -0.25) is 0 Å². The van der Waals surface area contributed by atoms with E-state index in [0.29, 0.717) is 11.1 Å². The molecule has 0 radical (unpaired) electrons. The molecule has 2 rings (SSSR count). The van der Waals surface area contributed by atoms with Crippen LogP contribution in [0.2, 0.25) is 5.02 Å². The first-order chi connectivity index (χ1) is 11.2. The molecule has 0 bridgehead atoms. The quantitative estimate of drug-likeness (QED) is 0.562. The van der Waals surface area contributed by atoms with Gasteiger partial charge in [0.1, 0.15) is 5.82 Å². The van der Waals surface area contributed by atoms with Crippen molar-refractivity contribution in [3.8, 4) is 0 Å². The molecular formula is C16H13ClF4N2S. The number of aryl methyl sites for hydroxylation is 1. The van der Waals surface area contributed by atoms with Crippen LogP contribution in [0.1, 0.15) is 16.7 Å². The van der Waals surface area contributed by atoms with Gasteiger partial charge in [0.2, 0.25) is 0 Å². The summed E-state index contributed by atoms with van der Waals surface area (Å²) in [6.07, 6.45) is -4.57. The lowest BCUT2D eigenvalue weighted by atomic mass is 10.1. The topological polar surface area (TPSA) is 24.1 Å². The van der Waals surface area contributed by atoms with Crippen LogP contribution in [-0.4, -0.2) is 5.11 Å². The second-order valence-electron chi connectivity index (χ2n) is 5.07. The summed E-state index contributed by atoms with van der Waals surface area (Å²) in [4.78, 5) is 0. The van der Waals surface area contributed by atoms with Crippen LogP contribution in [0, 0.1) is 12.7 Å². The number of benzene rings is 2. The van der Waals surface area contributed by atoms with E-state index in [1.165, 1.54) is 0 Å². The predicted octanol–water partition coefficient (Wildman–Crippen LogP) is 5.29. The Bertz CT molecular complexity index is 762. The van der Waals surface area contributed by atoms with Crippen molar-refractivity contribution in [3.63, 3.8) is 0 Å². The van der Waals surface area contributed by atoms with Crippen LogP contribution in [0.4, 0.5) is 23.2 Å². The molecule has 2 aromatic rings. The van der Waals surface area contributed by atoms with Crippen molar-refractivity contribution < 1.29 is 17.6 Å². The average molecular weight is 377 g/mol. The average Bonchev–Trinajstić information content (AvgIpc) is 2.48. The summed E-state index contributed by atoms with van der Waals surface area (Å²) in [6.45, 7) is 1.80. The zero-order chi connectivity index (χ0) is 17.9. The van der Waals surface area contributed by atoms with Crippen molar-refractivity contribution in [1.82, 2.24) is 5.32 Å². The van der Waals surface area contributed by atoms with E-state index in [9.17, 15) is 17.6 Å². The normalized spacial score (nSPS) is 11.2. The highest BCUT2D eigenvalue weighted by atomic mass is 35.5. The number of rotatable bonds is 3. The van der Waals surface area contributed by atoms with Gasteiger partial charge in [-0.05, 0) is 55.0 Å². The van der Waals surface area contributed by atoms with Gasteiger partial charge in [0.05, 0.1) is 5.56 Å². The van der Waals surface area contributed by atoms with E-state index in [4.69, 9.17) is 23.8 Å². The van der Waals surface area contributed by atoms with E-state index >= 15 is 0 Å². The van der Waals surface area contributed by atoms with Gasteiger partial charge >= 0.3 is 6.18 Å². The molecule has 8 heteroatoms. The minimum atomic E-state index is -4.57. The number of thiocarbonyl (C=S) groups is 1. The van der Waals surface area contributed by atoms with Crippen LogP contribution in [0.25, 0.3) is 0 Å². The van der Waals surface area contributed by atoms with Gasteiger partial charge in [-0.15, -0.1) is 0 Å². The van der Waals surface area contributed by atoms with Gasteiger partial charge < -0.3 is 10.6 Å². The number of nitrogens with one attached hydrogen (secondary N) is 2. The van der Waals surface area contributed by atoms with Crippen molar-refractivity contribution in [3.05, 3.63) is 63.9 Å². The van der Waals surface area contributed by atoms with E-state index in [-0.39, 0.29) is 17.2 Å². The zero-order valence-corrected chi connectivity index (χ0v) is 14.0. The van der Waals surface area contributed by atoms with Crippen molar-refractivity contribution >= 4 is 34.6 Å². The van der Waals surface area contributed by atoms with Crippen LogP contribution < -0.4 is 10.6 Å².